The average molecular weight is 260 g/mol. The Kier molecular flexibility index (Phi) is 4.40. The van der Waals surface area contributed by atoms with Crippen LogP contribution in [0, 0.1) is 0 Å². The predicted molar refractivity (Wildman–Crippen MR) is 74.9 cm³/mol. The molecule has 0 bridgehead atoms. The first-order chi connectivity index (χ1) is 8.83. The van der Waals surface area contributed by atoms with Gasteiger partial charge in [0.15, 0.2) is 0 Å². The molecule has 0 saturated carbocycles. The molecule has 1 N–H and O–H groups in total. The smallest absolute Gasteiger partial charge is 0.134 e. The standard InChI is InChI=1S/C15H14ClNO/c1-18-17-15(16)14(12-8-4-2-5-9-12)13-10-6-3-7-11-13/h2-11,17H,1H3. The van der Waals surface area contributed by atoms with Gasteiger partial charge in [-0.2, -0.15) is 0 Å². The summed E-state index contributed by atoms with van der Waals surface area (Å²) in [4.78, 5) is 4.89. The van der Waals surface area contributed by atoms with Crippen LogP contribution in [0.15, 0.2) is 65.8 Å². The maximum absolute atomic E-state index is 6.26. The molecule has 0 saturated heterocycles. The second kappa shape index (κ2) is 6.24. The van der Waals surface area contributed by atoms with Crippen LogP contribution in [0.25, 0.3) is 5.57 Å². The molecule has 0 radical (unpaired) electrons. The van der Waals surface area contributed by atoms with Crippen LogP contribution in [-0.4, -0.2) is 7.11 Å². The highest BCUT2D eigenvalue weighted by atomic mass is 35.5. The number of halogens is 1. The van der Waals surface area contributed by atoms with Crippen molar-refractivity contribution in [2.45, 2.75) is 0 Å². The van der Waals surface area contributed by atoms with Gasteiger partial charge in [0.2, 0.25) is 0 Å². The third-order valence-corrected chi connectivity index (χ3v) is 2.80. The summed E-state index contributed by atoms with van der Waals surface area (Å²) in [6, 6.07) is 19.9. The van der Waals surface area contributed by atoms with E-state index in [4.69, 9.17) is 16.4 Å². The van der Waals surface area contributed by atoms with Crippen molar-refractivity contribution in [3.8, 4) is 0 Å². The highest BCUT2D eigenvalue weighted by Crippen LogP contribution is 2.27. The van der Waals surface area contributed by atoms with Gasteiger partial charge in [0.1, 0.15) is 5.16 Å². The molecule has 0 atom stereocenters. The van der Waals surface area contributed by atoms with Gasteiger partial charge in [-0.05, 0) is 11.1 Å². The zero-order valence-electron chi connectivity index (χ0n) is 10.1. The van der Waals surface area contributed by atoms with E-state index in [0.717, 1.165) is 16.7 Å². The zero-order chi connectivity index (χ0) is 12.8. The fourth-order valence-electron chi connectivity index (χ4n) is 1.77. The van der Waals surface area contributed by atoms with Crippen molar-refractivity contribution in [1.29, 1.82) is 0 Å². The maximum atomic E-state index is 6.26. The molecule has 92 valence electrons. The molecule has 3 heteroatoms. The molecule has 0 aliphatic rings. The van der Waals surface area contributed by atoms with Gasteiger partial charge in [0, 0.05) is 5.57 Å². The van der Waals surface area contributed by atoms with Crippen molar-refractivity contribution >= 4 is 17.2 Å². The Morgan fingerprint density at radius 2 is 1.33 bits per heavy atom. The number of rotatable bonds is 4. The molecule has 0 amide bonds. The monoisotopic (exact) mass is 259 g/mol. The van der Waals surface area contributed by atoms with Crippen LogP contribution in [0.4, 0.5) is 0 Å². The van der Waals surface area contributed by atoms with Gasteiger partial charge in [-0.1, -0.05) is 72.3 Å². The molecule has 0 fully saturated rings. The third-order valence-electron chi connectivity index (χ3n) is 2.54. The second-order valence-electron chi connectivity index (χ2n) is 3.73. The van der Waals surface area contributed by atoms with Gasteiger partial charge < -0.3 is 0 Å². The SMILES string of the molecule is CONC(Cl)=C(c1ccccc1)c1ccccc1. The molecular weight excluding hydrogens is 246 g/mol. The molecule has 2 rings (SSSR count). The largest absolute Gasteiger partial charge is 0.279 e. The number of hydrogen-bond donors (Lipinski definition) is 1. The summed E-state index contributed by atoms with van der Waals surface area (Å²) in [5.74, 6) is 0. The topological polar surface area (TPSA) is 21.3 Å². The summed E-state index contributed by atoms with van der Waals surface area (Å²) in [6.07, 6.45) is 0. The van der Waals surface area contributed by atoms with Crippen molar-refractivity contribution in [3.05, 3.63) is 76.9 Å². The van der Waals surface area contributed by atoms with Gasteiger partial charge in [-0.3, -0.25) is 10.3 Å². The summed E-state index contributed by atoms with van der Waals surface area (Å²) in [6.45, 7) is 0. The van der Waals surface area contributed by atoms with Gasteiger partial charge in [0.25, 0.3) is 0 Å². The fourth-order valence-corrected chi connectivity index (χ4v) is 2.07. The van der Waals surface area contributed by atoms with E-state index in [9.17, 15) is 0 Å². The summed E-state index contributed by atoms with van der Waals surface area (Å²) in [5.41, 5.74) is 5.68. The van der Waals surface area contributed by atoms with Crippen LogP contribution in [0.5, 0.6) is 0 Å². The molecule has 0 spiro atoms. The number of benzene rings is 2. The van der Waals surface area contributed by atoms with Crippen molar-refractivity contribution in [3.63, 3.8) is 0 Å². The number of hydrogen-bond acceptors (Lipinski definition) is 2. The van der Waals surface area contributed by atoms with Gasteiger partial charge >= 0.3 is 0 Å². The van der Waals surface area contributed by atoms with Crippen LogP contribution in [0.3, 0.4) is 0 Å². The summed E-state index contributed by atoms with van der Waals surface area (Å²) >= 11 is 6.26. The molecule has 2 aromatic carbocycles. The number of hydroxylamine groups is 1. The Morgan fingerprint density at radius 1 is 0.889 bits per heavy atom. The van der Waals surface area contributed by atoms with Crippen molar-refractivity contribution in [2.24, 2.45) is 0 Å². The molecule has 0 unspecified atom stereocenters. The Balaban J connectivity index is 2.52. The summed E-state index contributed by atoms with van der Waals surface area (Å²) < 4.78 is 0. The molecule has 2 nitrogen and oxygen atoms in total. The molecule has 18 heavy (non-hydrogen) atoms. The van der Waals surface area contributed by atoms with Crippen LogP contribution >= 0.6 is 11.6 Å². The van der Waals surface area contributed by atoms with Crippen molar-refractivity contribution in [2.75, 3.05) is 7.11 Å². The Hall–Kier alpha value is -1.77. The third kappa shape index (κ3) is 2.92. The first-order valence-electron chi connectivity index (χ1n) is 5.62. The normalized spacial score (nSPS) is 9.89. The van der Waals surface area contributed by atoms with Crippen molar-refractivity contribution in [1.82, 2.24) is 5.48 Å². The van der Waals surface area contributed by atoms with Crippen LogP contribution < -0.4 is 5.48 Å². The van der Waals surface area contributed by atoms with Crippen molar-refractivity contribution < 1.29 is 4.84 Å². The Morgan fingerprint density at radius 3 is 1.72 bits per heavy atom. The second-order valence-corrected chi connectivity index (χ2v) is 4.11. The minimum Gasteiger partial charge on any atom is -0.279 e. The molecule has 0 aliphatic heterocycles. The fraction of sp³-hybridized carbons (Fsp3) is 0.0667. The van der Waals surface area contributed by atoms with Gasteiger partial charge in [-0.15, -0.1) is 0 Å². The first kappa shape index (κ1) is 12.7. The minimum absolute atomic E-state index is 0.468. The molecule has 0 aliphatic carbocycles. The highest BCUT2D eigenvalue weighted by Gasteiger charge is 2.09. The Bertz CT molecular complexity index is 481. The van der Waals surface area contributed by atoms with E-state index in [1.165, 1.54) is 7.11 Å². The van der Waals surface area contributed by atoms with E-state index in [1.54, 1.807) is 0 Å². The molecule has 0 aromatic heterocycles. The lowest BCUT2D eigenvalue weighted by atomic mass is 9.99. The molecule has 0 heterocycles. The van der Waals surface area contributed by atoms with Crippen LogP contribution in [-0.2, 0) is 4.84 Å². The minimum atomic E-state index is 0.468. The maximum Gasteiger partial charge on any atom is 0.134 e. The lowest BCUT2D eigenvalue weighted by molar-refractivity contribution is 0.125. The lowest BCUT2D eigenvalue weighted by Gasteiger charge is -2.12. The Labute approximate surface area is 112 Å². The summed E-state index contributed by atoms with van der Waals surface area (Å²) in [7, 11) is 1.54. The average Bonchev–Trinajstić information content (AvgIpc) is 2.42. The van der Waals surface area contributed by atoms with Gasteiger partial charge in [-0.25, -0.2) is 0 Å². The molecule has 2 aromatic rings. The van der Waals surface area contributed by atoms with E-state index in [-0.39, 0.29) is 0 Å². The van der Waals surface area contributed by atoms with E-state index in [1.807, 2.05) is 60.7 Å². The lowest BCUT2D eigenvalue weighted by Crippen LogP contribution is -2.09. The number of nitrogens with one attached hydrogen (secondary N) is 1. The first-order valence-corrected chi connectivity index (χ1v) is 6.00. The predicted octanol–water partition coefficient (Wildman–Crippen LogP) is 3.79. The quantitative estimate of drug-likeness (QED) is 0.666. The van der Waals surface area contributed by atoms with E-state index >= 15 is 0 Å². The zero-order valence-corrected chi connectivity index (χ0v) is 10.8. The highest BCUT2D eigenvalue weighted by molar-refractivity contribution is 6.33. The summed E-state index contributed by atoms with van der Waals surface area (Å²) in [5, 5.41) is 0.468. The van der Waals surface area contributed by atoms with E-state index in [0.29, 0.717) is 5.16 Å². The van der Waals surface area contributed by atoms with Crippen LogP contribution in [0.1, 0.15) is 11.1 Å². The van der Waals surface area contributed by atoms with E-state index < -0.39 is 0 Å². The van der Waals surface area contributed by atoms with Crippen LogP contribution in [0.2, 0.25) is 0 Å². The van der Waals surface area contributed by atoms with E-state index in [2.05, 4.69) is 5.48 Å². The molecular formula is C15H14ClNO. The van der Waals surface area contributed by atoms with Gasteiger partial charge in [0.05, 0.1) is 7.11 Å².